The van der Waals surface area contributed by atoms with Gasteiger partial charge in [0.1, 0.15) is 19.3 Å². The van der Waals surface area contributed by atoms with Crippen LogP contribution in [0.25, 0.3) is 0 Å². The van der Waals surface area contributed by atoms with Crippen LogP contribution in [0.4, 0.5) is 0 Å². The number of esters is 4. The van der Waals surface area contributed by atoms with Gasteiger partial charge < -0.3 is 33.2 Å². The second kappa shape index (κ2) is 16.7. The van der Waals surface area contributed by atoms with Crippen molar-refractivity contribution in [3.05, 3.63) is 35.9 Å². The van der Waals surface area contributed by atoms with E-state index in [1.54, 1.807) is 0 Å². The van der Waals surface area contributed by atoms with Crippen molar-refractivity contribution >= 4 is 23.9 Å². The number of rotatable bonds is 16. The topological polar surface area (TPSA) is 142 Å². The summed E-state index contributed by atoms with van der Waals surface area (Å²) in [5.74, 6) is -4.04. The summed E-state index contributed by atoms with van der Waals surface area (Å²) in [6.07, 6.45) is -0.580. The smallest absolute Gasteiger partial charge is 0.308 e. The second-order valence-corrected chi connectivity index (χ2v) is 10.8. The average molecular weight is 609 g/mol. The van der Waals surface area contributed by atoms with Gasteiger partial charge in [-0.2, -0.15) is 0 Å². The van der Waals surface area contributed by atoms with E-state index >= 15 is 0 Å². The summed E-state index contributed by atoms with van der Waals surface area (Å²) < 4.78 is 46.0. The molecule has 43 heavy (non-hydrogen) atoms. The van der Waals surface area contributed by atoms with E-state index in [0.717, 1.165) is 37.7 Å². The van der Waals surface area contributed by atoms with Crippen molar-refractivity contribution in [2.75, 3.05) is 6.61 Å². The summed E-state index contributed by atoms with van der Waals surface area (Å²) in [5.41, 5.74) is 0.866. The third-order valence-electron chi connectivity index (χ3n) is 6.97. The molecule has 0 bridgehead atoms. The maximum Gasteiger partial charge on any atom is 0.308 e. The second-order valence-electron chi connectivity index (χ2n) is 10.8. The summed E-state index contributed by atoms with van der Waals surface area (Å²) in [4.78, 5) is 48.3. The Bertz CT molecular complexity index is 1060. The highest BCUT2D eigenvalue weighted by Gasteiger charge is 2.60. The molecule has 12 nitrogen and oxygen atoms in total. The van der Waals surface area contributed by atoms with E-state index in [1.165, 1.54) is 27.7 Å². The van der Waals surface area contributed by atoms with Crippen molar-refractivity contribution in [1.82, 2.24) is 0 Å². The third-order valence-corrected chi connectivity index (χ3v) is 6.97. The van der Waals surface area contributed by atoms with Gasteiger partial charge in [0.15, 0.2) is 24.6 Å². The summed E-state index contributed by atoms with van der Waals surface area (Å²) in [7, 11) is 0. The first-order valence-electron chi connectivity index (χ1n) is 14.9. The molecule has 12 heteroatoms. The Morgan fingerprint density at radius 1 is 0.860 bits per heavy atom. The number of fused-ring (bicyclic) bond motifs is 1. The van der Waals surface area contributed by atoms with Crippen LogP contribution in [0.2, 0.25) is 0 Å². The molecule has 240 valence electrons. The van der Waals surface area contributed by atoms with Crippen LogP contribution in [0.15, 0.2) is 30.3 Å². The van der Waals surface area contributed by atoms with Crippen LogP contribution in [0.5, 0.6) is 0 Å². The van der Waals surface area contributed by atoms with E-state index in [9.17, 15) is 19.2 Å². The van der Waals surface area contributed by atoms with Crippen molar-refractivity contribution in [3.63, 3.8) is 0 Å². The first-order chi connectivity index (χ1) is 20.5. The molecule has 2 heterocycles. The Balaban J connectivity index is 1.74. The third kappa shape index (κ3) is 11.2. The van der Waals surface area contributed by atoms with Crippen molar-refractivity contribution < 1.29 is 57.1 Å². The number of unbranched alkanes of at least 4 members (excludes halogenated alkanes) is 4. The lowest BCUT2D eigenvalue weighted by molar-refractivity contribution is -0.359. The number of hydrogen-bond acceptors (Lipinski definition) is 12. The van der Waals surface area contributed by atoms with E-state index in [2.05, 4.69) is 6.92 Å². The quantitative estimate of drug-likeness (QED) is 0.151. The van der Waals surface area contributed by atoms with E-state index in [-0.39, 0.29) is 19.6 Å². The molecule has 3 rings (SSSR count). The van der Waals surface area contributed by atoms with Gasteiger partial charge in [-0.15, -0.1) is 0 Å². The van der Waals surface area contributed by atoms with Crippen LogP contribution in [0.1, 0.15) is 85.1 Å². The molecule has 0 aliphatic carbocycles. The number of benzene rings is 1. The molecule has 2 saturated heterocycles. The fraction of sp³-hybridized carbons (Fsp3) is 0.677. The molecule has 0 radical (unpaired) electrons. The lowest BCUT2D eigenvalue weighted by Crippen LogP contribution is -2.60. The van der Waals surface area contributed by atoms with Gasteiger partial charge in [-0.3, -0.25) is 23.9 Å². The van der Waals surface area contributed by atoms with Gasteiger partial charge in [0, 0.05) is 27.7 Å². The molecule has 1 unspecified atom stereocenters. The molecule has 1 aromatic rings. The largest absolute Gasteiger partial charge is 0.463 e. The Kier molecular flexibility index (Phi) is 13.4. The van der Waals surface area contributed by atoms with Gasteiger partial charge in [-0.25, -0.2) is 0 Å². The maximum absolute atomic E-state index is 12.8. The van der Waals surface area contributed by atoms with E-state index in [4.69, 9.17) is 37.9 Å². The summed E-state index contributed by atoms with van der Waals surface area (Å²) >= 11 is 0. The molecule has 0 saturated carbocycles. The zero-order chi connectivity index (χ0) is 31.4. The molecule has 0 amide bonds. The van der Waals surface area contributed by atoms with E-state index in [0.29, 0.717) is 6.42 Å². The summed E-state index contributed by atoms with van der Waals surface area (Å²) in [6.45, 7) is 7.14. The van der Waals surface area contributed by atoms with Crippen LogP contribution in [0, 0.1) is 0 Å². The Morgan fingerprint density at radius 3 is 2.19 bits per heavy atom. The minimum Gasteiger partial charge on any atom is -0.463 e. The lowest BCUT2D eigenvalue weighted by atomic mass is 9.98. The van der Waals surface area contributed by atoms with Gasteiger partial charge in [0.2, 0.25) is 0 Å². The molecular weight excluding hydrogens is 564 g/mol. The maximum atomic E-state index is 12.8. The molecule has 2 fully saturated rings. The molecule has 0 spiro atoms. The highest BCUT2D eigenvalue weighted by atomic mass is 16.9. The fourth-order valence-electron chi connectivity index (χ4n) is 5.10. The van der Waals surface area contributed by atoms with Gasteiger partial charge in [-0.05, 0) is 12.0 Å². The molecule has 7 atom stereocenters. The standard InChI is InChI=1S/C31H44O12/c1-6-7-8-9-13-16-24(17-26(35)37-18-23-14-11-10-12-15-23)41-31(5)42-29-28(39-22(4)34)27(38-21(3)33)25(19-36-20(2)32)40-30(29)43-31/h10-12,14-15,24-25,27-30H,6-9,13,16-19H2,1-5H3/t24?,25-,27-,28+,29-,30-,31+/m1/s1. The Labute approximate surface area is 252 Å². The molecule has 2 aliphatic rings. The average Bonchev–Trinajstić information content (AvgIpc) is 3.27. The lowest BCUT2D eigenvalue weighted by Gasteiger charge is -2.40. The highest BCUT2D eigenvalue weighted by molar-refractivity contribution is 5.70. The van der Waals surface area contributed by atoms with Gasteiger partial charge in [0.25, 0.3) is 5.97 Å². The number of carbonyl (C=O) groups excluding carboxylic acids is 4. The first kappa shape index (κ1) is 34.4. The van der Waals surface area contributed by atoms with E-state index < -0.39 is 66.7 Å². The van der Waals surface area contributed by atoms with E-state index in [1.807, 2.05) is 30.3 Å². The molecule has 0 N–H and O–H groups in total. The zero-order valence-electron chi connectivity index (χ0n) is 25.6. The number of hydrogen-bond donors (Lipinski definition) is 0. The van der Waals surface area contributed by atoms with Crippen LogP contribution in [-0.2, 0) is 63.7 Å². The normalized spacial score (nSPS) is 27.0. The number of ether oxygens (including phenoxy) is 8. The van der Waals surface area contributed by atoms with Gasteiger partial charge in [0.05, 0.1) is 12.5 Å². The first-order valence-corrected chi connectivity index (χ1v) is 14.9. The SMILES string of the molecule is CCCCCCCC(CC(=O)OCc1ccccc1)O[C@]1(C)O[C@H]2O[C@H](COC(C)=O)[C@@H](OC(C)=O)[C@H](OC(C)=O)[C@H]2O1. The van der Waals surface area contributed by atoms with Crippen LogP contribution in [-0.4, -0.2) is 73.3 Å². The predicted molar refractivity (Wildman–Crippen MR) is 150 cm³/mol. The van der Waals surface area contributed by atoms with Crippen LogP contribution in [0.3, 0.4) is 0 Å². The molecular formula is C31H44O12. The monoisotopic (exact) mass is 608 g/mol. The molecule has 1 aromatic carbocycles. The Morgan fingerprint density at radius 2 is 1.53 bits per heavy atom. The summed E-state index contributed by atoms with van der Waals surface area (Å²) in [6, 6.07) is 9.36. The minimum absolute atomic E-state index is 0.0440. The molecule has 0 aromatic heterocycles. The highest BCUT2D eigenvalue weighted by Crippen LogP contribution is 2.40. The van der Waals surface area contributed by atoms with Crippen molar-refractivity contribution in [1.29, 1.82) is 0 Å². The predicted octanol–water partition coefficient (Wildman–Crippen LogP) is 4.11. The van der Waals surface area contributed by atoms with Crippen molar-refractivity contribution in [3.8, 4) is 0 Å². The van der Waals surface area contributed by atoms with Crippen LogP contribution < -0.4 is 0 Å². The Hall–Kier alpha value is -3.06. The molecule has 2 aliphatic heterocycles. The minimum atomic E-state index is -1.71. The van der Waals surface area contributed by atoms with Crippen molar-refractivity contribution in [2.45, 2.75) is 129 Å². The van der Waals surface area contributed by atoms with Crippen molar-refractivity contribution in [2.24, 2.45) is 0 Å². The van der Waals surface area contributed by atoms with Crippen LogP contribution >= 0.6 is 0 Å². The zero-order valence-corrected chi connectivity index (χ0v) is 25.6. The summed E-state index contributed by atoms with van der Waals surface area (Å²) in [5, 5.41) is 0. The number of carbonyl (C=O) groups is 4. The van der Waals surface area contributed by atoms with Gasteiger partial charge in [-0.1, -0.05) is 69.4 Å². The fourth-order valence-corrected chi connectivity index (χ4v) is 5.10. The van der Waals surface area contributed by atoms with Gasteiger partial charge >= 0.3 is 23.9 Å².